The van der Waals surface area contributed by atoms with E-state index in [4.69, 9.17) is 0 Å². The number of aromatic nitrogens is 2. The third-order valence-electron chi connectivity index (χ3n) is 5.78. The first-order chi connectivity index (χ1) is 16.0. The van der Waals surface area contributed by atoms with Crippen LogP contribution in [0.5, 0.6) is 0 Å². The number of imidazole rings is 1. The highest BCUT2D eigenvalue weighted by molar-refractivity contribution is 9.11. The third kappa shape index (κ3) is 5.02. The quantitative estimate of drug-likeness (QED) is 0.354. The molecule has 0 radical (unpaired) electrons. The van der Waals surface area contributed by atoms with Crippen molar-refractivity contribution in [2.24, 2.45) is 0 Å². The van der Waals surface area contributed by atoms with Crippen LogP contribution in [-0.2, 0) is 22.6 Å². The van der Waals surface area contributed by atoms with Gasteiger partial charge in [-0.1, -0.05) is 18.2 Å². The number of carbonyl (C=O) groups is 2. The van der Waals surface area contributed by atoms with E-state index in [9.17, 15) is 9.59 Å². The molecule has 2 aromatic heterocycles. The number of nitrogens with one attached hydrogen (secondary N) is 2. The molecule has 8 heteroatoms. The number of rotatable bonds is 6. The van der Waals surface area contributed by atoms with Gasteiger partial charge in [-0.3, -0.25) is 9.59 Å². The zero-order valence-corrected chi connectivity index (χ0v) is 20.3. The van der Waals surface area contributed by atoms with Crippen LogP contribution >= 0.6 is 27.3 Å². The number of benzene rings is 2. The number of H-pyrrole nitrogens is 1. The molecule has 2 N–H and O–H groups in total. The molecule has 1 saturated heterocycles. The zero-order chi connectivity index (χ0) is 22.8. The fourth-order valence-electron chi connectivity index (χ4n) is 4.04. The number of thiophene rings is 1. The molecule has 168 valence electrons. The number of hydrogen-bond acceptors (Lipinski definition) is 4. The van der Waals surface area contributed by atoms with E-state index < -0.39 is 0 Å². The van der Waals surface area contributed by atoms with Gasteiger partial charge in [0, 0.05) is 25.2 Å². The summed E-state index contributed by atoms with van der Waals surface area (Å²) in [6.07, 6.45) is 2.93. The predicted octanol–water partition coefficient (Wildman–Crippen LogP) is 5.43. The minimum absolute atomic E-state index is 0.0393. The van der Waals surface area contributed by atoms with Gasteiger partial charge < -0.3 is 15.2 Å². The Bertz CT molecular complexity index is 1310. The minimum atomic E-state index is -0.0393. The van der Waals surface area contributed by atoms with Crippen LogP contribution < -0.4 is 10.2 Å². The van der Waals surface area contributed by atoms with E-state index in [0.29, 0.717) is 19.4 Å². The monoisotopic (exact) mass is 522 g/mol. The zero-order valence-electron chi connectivity index (χ0n) is 17.9. The molecular formula is C25H23BrN4O2S. The summed E-state index contributed by atoms with van der Waals surface area (Å²) in [5.74, 6) is 0.978. The van der Waals surface area contributed by atoms with Crippen molar-refractivity contribution in [3.8, 4) is 10.7 Å². The molecule has 2 amide bonds. The van der Waals surface area contributed by atoms with Crippen molar-refractivity contribution in [3.05, 3.63) is 69.5 Å². The fourth-order valence-corrected chi connectivity index (χ4v) is 5.37. The first-order valence-corrected chi connectivity index (χ1v) is 12.6. The van der Waals surface area contributed by atoms with Gasteiger partial charge in [0.25, 0.3) is 0 Å². The van der Waals surface area contributed by atoms with E-state index in [0.717, 1.165) is 61.7 Å². The van der Waals surface area contributed by atoms with E-state index in [2.05, 4.69) is 31.2 Å². The number of nitrogens with zero attached hydrogens (tertiary/aromatic N) is 2. The number of anilines is 1. The Morgan fingerprint density at radius 3 is 2.67 bits per heavy atom. The Kier molecular flexibility index (Phi) is 6.28. The van der Waals surface area contributed by atoms with Crippen molar-refractivity contribution >= 4 is 55.8 Å². The van der Waals surface area contributed by atoms with Gasteiger partial charge in [0.2, 0.25) is 11.8 Å². The maximum Gasteiger partial charge on any atom is 0.226 e. The van der Waals surface area contributed by atoms with Crippen LogP contribution in [0.2, 0.25) is 0 Å². The number of aromatic amines is 1. The molecule has 0 aliphatic carbocycles. The molecule has 1 fully saturated rings. The standard InChI is InChI=1S/C25H23BrN4O2S/c26-22-11-10-21(33-22)25-28-19-9-6-17(13-20(19)29-25)14-23(31)27-15-16-4-7-18(8-5-16)30-12-2-1-3-24(30)32/h4-11,13H,1-3,12,14-15H2,(H,27,31)(H,28,29). The smallest absolute Gasteiger partial charge is 0.226 e. The average molecular weight is 523 g/mol. The first kappa shape index (κ1) is 21.9. The summed E-state index contributed by atoms with van der Waals surface area (Å²) in [4.78, 5) is 35.5. The molecule has 6 nitrogen and oxygen atoms in total. The molecule has 3 heterocycles. The van der Waals surface area contributed by atoms with E-state index in [1.807, 2.05) is 59.5 Å². The molecule has 0 spiro atoms. The van der Waals surface area contributed by atoms with Crippen molar-refractivity contribution in [3.63, 3.8) is 0 Å². The molecule has 33 heavy (non-hydrogen) atoms. The lowest BCUT2D eigenvalue weighted by molar-refractivity contribution is -0.121. The summed E-state index contributed by atoms with van der Waals surface area (Å²) < 4.78 is 1.06. The maximum atomic E-state index is 12.5. The Morgan fingerprint density at radius 2 is 1.91 bits per heavy atom. The molecular weight excluding hydrogens is 500 g/mol. The molecule has 2 aromatic carbocycles. The molecule has 1 aliphatic heterocycles. The Hall–Kier alpha value is -2.97. The van der Waals surface area contributed by atoms with Crippen LogP contribution in [0.3, 0.4) is 0 Å². The highest BCUT2D eigenvalue weighted by Gasteiger charge is 2.19. The van der Waals surface area contributed by atoms with Crippen molar-refractivity contribution in [2.45, 2.75) is 32.2 Å². The van der Waals surface area contributed by atoms with Gasteiger partial charge in [-0.15, -0.1) is 11.3 Å². The summed E-state index contributed by atoms with van der Waals surface area (Å²) in [6, 6.07) is 17.8. The van der Waals surface area contributed by atoms with Crippen molar-refractivity contribution in [2.75, 3.05) is 11.4 Å². The number of halogens is 1. The number of amides is 2. The van der Waals surface area contributed by atoms with Crippen molar-refractivity contribution in [1.29, 1.82) is 0 Å². The predicted molar refractivity (Wildman–Crippen MR) is 135 cm³/mol. The molecule has 0 unspecified atom stereocenters. The first-order valence-electron chi connectivity index (χ1n) is 11.0. The summed E-state index contributed by atoms with van der Waals surface area (Å²) in [6.45, 7) is 1.23. The minimum Gasteiger partial charge on any atom is -0.352 e. The van der Waals surface area contributed by atoms with E-state index in [1.54, 1.807) is 11.3 Å². The van der Waals surface area contributed by atoms with E-state index >= 15 is 0 Å². The molecule has 5 rings (SSSR count). The lowest BCUT2D eigenvalue weighted by atomic mass is 10.1. The Labute approximate surface area is 204 Å². The van der Waals surface area contributed by atoms with Gasteiger partial charge in [-0.05, 0) is 76.3 Å². The second kappa shape index (κ2) is 9.49. The Balaban J connectivity index is 1.19. The summed E-state index contributed by atoms with van der Waals surface area (Å²) in [5, 5.41) is 2.99. The van der Waals surface area contributed by atoms with Gasteiger partial charge in [0.05, 0.1) is 26.1 Å². The van der Waals surface area contributed by atoms with E-state index in [-0.39, 0.29) is 11.8 Å². The van der Waals surface area contributed by atoms with Crippen LogP contribution in [0.15, 0.2) is 58.4 Å². The van der Waals surface area contributed by atoms with Gasteiger partial charge in [-0.25, -0.2) is 4.98 Å². The SMILES string of the molecule is O=C(Cc1ccc2[nH]c(-c3ccc(Br)s3)nc2c1)NCc1ccc(N2CCCCC2=O)cc1. The molecule has 1 aliphatic rings. The molecule has 0 saturated carbocycles. The largest absolute Gasteiger partial charge is 0.352 e. The van der Waals surface area contributed by atoms with Crippen LogP contribution in [0, 0.1) is 0 Å². The van der Waals surface area contributed by atoms with Crippen molar-refractivity contribution in [1.82, 2.24) is 15.3 Å². The lowest BCUT2D eigenvalue weighted by Crippen LogP contribution is -2.35. The average Bonchev–Trinajstić information content (AvgIpc) is 3.44. The number of fused-ring (bicyclic) bond motifs is 1. The van der Waals surface area contributed by atoms with Gasteiger partial charge in [-0.2, -0.15) is 0 Å². The normalized spacial score (nSPS) is 14.1. The van der Waals surface area contributed by atoms with Gasteiger partial charge in [0.1, 0.15) is 5.82 Å². The number of carbonyl (C=O) groups excluding carboxylic acids is 2. The summed E-state index contributed by atoms with van der Waals surface area (Å²) in [5.41, 5.74) is 4.65. The highest BCUT2D eigenvalue weighted by atomic mass is 79.9. The lowest BCUT2D eigenvalue weighted by Gasteiger charge is -2.26. The van der Waals surface area contributed by atoms with Crippen molar-refractivity contribution < 1.29 is 9.59 Å². The van der Waals surface area contributed by atoms with Gasteiger partial charge in [0.15, 0.2) is 0 Å². The molecule has 0 bridgehead atoms. The fraction of sp³-hybridized carbons (Fsp3) is 0.240. The second-order valence-electron chi connectivity index (χ2n) is 8.16. The number of piperidine rings is 1. The molecule has 4 aromatic rings. The highest BCUT2D eigenvalue weighted by Crippen LogP contribution is 2.31. The van der Waals surface area contributed by atoms with Crippen LogP contribution in [0.1, 0.15) is 30.4 Å². The number of hydrogen-bond donors (Lipinski definition) is 2. The maximum absolute atomic E-state index is 12.5. The second-order valence-corrected chi connectivity index (χ2v) is 10.6. The van der Waals surface area contributed by atoms with Crippen LogP contribution in [0.4, 0.5) is 5.69 Å². The van der Waals surface area contributed by atoms with E-state index in [1.165, 1.54) is 0 Å². The van der Waals surface area contributed by atoms with Gasteiger partial charge >= 0.3 is 0 Å². The molecule has 0 atom stereocenters. The Morgan fingerprint density at radius 1 is 1.09 bits per heavy atom. The summed E-state index contributed by atoms with van der Waals surface area (Å²) >= 11 is 5.11. The topological polar surface area (TPSA) is 78.1 Å². The van der Waals surface area contributed by atoms with Crippen LogP contribution in [-0.4, -0.2) is 28.3 Å². The van der Waals surface area contributed by atoms with Crippen LogP contribution in [0.25, 0.3) is 21.7 Å². The third-order valence-corrected chi connectivity index (χ3v) is 7.41. The summed E-state index contributed by atoms with van der Waals surface area (Å²) in [7, 11) is 0.